The molecule has 2 N–H and O–H groups in total. The number of carbonyl (C=O) groups excluding carboxylic acids is 3. The van der Waals surface area contributed by atoms with Gasteiger partial charge in [0.2, 0.25) is 0 Å². The van der Waals surface area contributed by atoms with Gasteiger partial charge in [0, 0.05) is 26.2 Å². The molecule has 3 aliphatic rings. The SMILES string of the molecule is CC(=O)O[C@@H]1CC(C)=C2C([C@H]3OC(=O)[C@H](C)[C@@H]31)[C@](C)(O)[C@@H](O)[C@H]2OC(C)=O. The van der Waals surface area contributed by atoms with Crippen LogP contribution in [0.1, 0.15) is 41.0 Å². The fourth-order valence-corrected chi connectivity index (χ4v) is 4.95. The highest BCUT2D eigenvalue weighted by atomic mass is 16.6. The minimum Gasteiger partial charge on any atom is -0.462 e. The summed E-state index contributed by atoms with van der Waals surface area (Å²) in [5.41, 5.74) is -0.407. The van der Waals surface area contributed by atoms with E-state index >= 15 is 0 Å². The first kappa shape index (κ1) is 19.8. The van der Waals surface area contributed by atoms with Crippen LogP contribution < -0.4 is 0 Å². The summed E-state index contributed by atoms with van der Waals surface area (Å²) in [6.07, 6.45) is -3.52. The molecule has 0 aromatic carbocycles. The van der Waals surface area contributed by atoms with Gasteiger partial charge in [0.25, 0.3) is 0 Å². The Morgan fingerprint density at radius 1 is 1.22 bits per heavy atom. The molecule has 0 aromatic heterocycles. The first-order valence-corrected chi connectivity index (χ1v) is 9.11. The normalized spacial score (nSPS) is 43.5. The van der Waals surface area contributed by atoms with E-state index in [0.29, 0.717) is 12.0 Å². The molecule has 0 radical (unpaired) electrons. The Morgan fingerprint density at radius 2 is 1.81 bits per heavy atom. The van der Waals surface area contributed by atoms with Crippen LogP contribution in [0.15, 0.2) is 11.1 Å². The van der Waals surface area contributed by atoms with E-state index in [9.17, 15) is 24.6 Å². The lowest BCUT2D eigenvalue weighted by Crippen LogP contribution is -2.49. The number of esters is 3. The van der Waals surface area contributed by atoms with Crippen molar-refractivity contribution in [2.45, 2.75) is 71.1 Å². The Balaban J connectivity index is 2.14. The summed E-state index contributed by atoms with van der Waals surface area (Å²) in [5, 5.41) is 21.8. The molecule has 27 heavy (non-hydrogen) atoms. The molecule has 8 heteroatoms. The maximum absolute atomic E-state index is 12.3. The van der Waals surface area contributed by atoms with Crippen molar-refractivity contribution >= 4 is 17.9 Å². The van der Waals surface area contributed by atoms with Gasteiger partial charge in [-0.3, -0.25) is 14.4 Å². The van der Waals surface area contributed by atoms with Crippen molar-refractivity contribution < 1.29 is 38.8 Å². The van der Waals surface area contributed by atoms with Crippen molar-refractivity contribution in [3.8, 4) is 0 Å². The van der Waals surface area contributed by atoms with Crippen molar-refractivity contribution in [3.63, 3.8) is 0 Å². The van der Waals surface area contributed by atoms with Crippen molar-refractivity contribution in [1.29, 1.82) is 0 Å². The van der Waals surface area contributed by atoms with E-state index in [-0.39, 0.29) is 0 Å². The summed E-state index contributed by atoms with van der Waals surface area (Å²) < 4.78 is 16.4. The second kappa shape index (κ2) is 6.60. The van der Waals surface area contributed by atoms with Crippen LogP contribution in [0.5, 0.6) is 0 Å². The summed E-state index contributed by atoms with van der Waals surface area (Å²) in [5.74, 6) is -3.29. The van der Waals surface area contributed by atoms with Crippen LogP contribution >= 0.6 is 0 Å². The second-order valence-corrected chi connectivity index (χ2v) is 8.03. The molecule has 150 valence electrons. The van der Waals surface area contributed by atoms with Gasteiger partial charge in [-0.05, 0) is 19.4 Å². The van der Waals surface area contributed by atoms with Crippen molar-refractivity contribution in [1.82, 2.24) is 0 Å². The summed E-state index contributed by atoms with van der Waals surface area (Å²) in [4.78, 5) is 35.5. The van der Waals surface area contributed by atoms with Crippen molar-refractivity contribution in [2.75, 3.05) is 0 Å². The Morgan fingerprint density at radius 3 is 2.37 bits per heavy atom. The molecule has 0 amide bonds. The highest BCUT2D eigenvalue weighted by molar-refractivity contribution is 5.76. The predicted molar refractivity (Wildman–Crippen MR) is 91.1 cm³/mol. The van der Waals surface area contributed by atoms with Gasteiger partial charge in [-0.2, -0.15) is 0 Å². The van der Waals surface area contributed by atoms with Gasteiger partial charge >= 0.3 is 17.9 Å². The molecule has 2 aliphatic carbocycles. The number of hydrogen-bond donors (Lipinski definition) is 2. The maximum Gasteiger partial charge on any atom is 0.309 e. The lowest BCUT2D eigenvalue weighted by molar-refractivity contribution is -0.160. The lowest BCUT2D eigenvalue weighted by Gasteiger charge is -2.35. The Kier molecular flexibility index (Phi) is 4.84. The number of carbonyl (C=O) groups is 3. The lowest BCUT2D eigenvalue weighted by atomic mass is 9.76. The molecular weight excluding hydrogens is 356 g/mol. The minimum atomic E-state index is -1.69. The highest BCUT2D eigenvalue weighted by Gasteiger charge is 2.65. The van der Waals surface area contributed by atoms with Crippen LogP contribution in [0.3, 0.4) is 0 Å². The predicted octanol–water partition coefficient (Wildman–Crippen LogP) is 0.489. The third kappa shape index (κ3) is 3.04. The fourth-order valence-electron chi connectivity index (χ4n) is 4.95. The zero-order valence-corrected chi connectivity index (χ0v) is 16.1. The maximum atomic E-state index is 12.3. The molecule has 2 fully saturated rings. The van der Waals surface area contributed by atoms with Gasteiger partial charge in [0.05, 0.1) is 11.8 Å². The smallest absolute Gasteiger partial charge is 0.309 e. The van der Waals surface area contributed by atoms with Gasteiger partial charge in [0.1, 0.15) is 23.9 Å². The molecule has 1 saturated carbocycles. The average molecular weight is 382 g/mol. The second-order valence-electron chi connectivity index (χ2n) is 8.03. The molecule has 1 heterocycles. The standard InChI is InChI=1S/C19H26O8/c1-7-6-11(25-9(3)20)13-8(2)18(23)27-15(13)14-12(7)16(26-10(4)21)17(22)19(14,5)24/h8,11,13-17,22,24H,6H2,1-5H3/t8-,11-,13-,14?,15+,16+,17+,19+/m1/s1. The summed E-state index contributed by atoms with van der Waals surface area (Å²) in [6.45, 7) is 7.46. The molecule has 8 nitrogen and oxygen atoms in total. The Labute approximate surface area is 157 Å². The van der Waals surface area contributed by atoms with E-state index in [1.807, 2.05) is 0 Å². The van der Waals surface area contributed by atoms with Crippen LogP contribution in [-0.2, 0) is 28.6 Å². The van der Waals surface area contributed by atoms with Crippen LogP contribution in [-0.4, -0.2) is 58.1 Å². The van der Waals surface area contributed by atoms with E-state index in [4.69, 9.17) is 14.2 Å². The third-order valence-corrected chi connectivity index (χ3v) is 6.11. The Hall–Kier alpha value is -1.93. The summed E-state index contributed by atoms with van der Waals surface area (Å²) in [7, 11) is 0. The number of fused-ring (bicyclic) bond motifs is 3. The van der Waals surface area contributed by atoms with Crippen LogP contribution in [0, 0.1) is 17.8 Å². The molecule has 0 aromatic rings. The van der Waals surface area contributed by atoms with E-state index in [1.54, 1.807) is 13.8 Å². The molecule has 0 bridgehead atoms. The highest BCUT2D eigenvalue weighted by Crippen LogP contribution is 2.53. The van der Waals surface area contributed by atoms with Crippen LogP contribution in [0.4, 0.5) is 0 Å². The quantitative estimate of drug-likeness (QED) is 0.402. The zero-order chi connectivity index (χ0) is 20.3. The topological polar surface area (TPSA) is 119 Å². The molecule has 0 spiro atoms. The number of aliphatic hydroxyl groups is 2. The number of hydrogen-bond acceptors (Lipinski definition) is 8. The van der Waals surface area contributed by atoms with Crippen molar-refractivity contribution in [2.24, 2.45) is 17.8 Å². The first-order valence-electron chi connectivity index (χ1n) is 9.11. The largest absolute Gasteiger partial charge is 0.462 e. The summed E-state index contributed by atoms with van der Waals surface area (Å²) >= 11 is 0. The minimum absolute atomic E-state index is 0.300. The Bertz CT molecular complexity index is 708. The summed E-state index contributed by atoms with van der Waals surface area (Å²) in [6, 6.07) is 0. The van der Waals surface area contributed by atoms with E-state index < -0.39 is 65.7 Å². The van der Waals surface area contributed by atoms with Gasteiger partial charge in [0.15, 0.2) is 6.10 Å². The first-order chi connectivity index (χ1) is 12.5. The molecule has 3 rings (SSSR count). The van der Waals surface area contributed by atoms with Crippen molar-refractivity contribution in [3.05, 3.63) is 11.1 Å². The monoisotopic (exact) mass is 382 g/mol. The number of ether oxygens (including phenoxy) is 3. The van der Waals surface area contributed by atoms with Crippen LogP contribution in [0.25, 0.3) is 0 Å². The molecule has 1 unspecified atom stereocenters. The zero-order valence-electron chi connectivity index (χ0n) is 16.1. The van der Waals surface area contributed by atoms with Gasteiger partial charge < -0.3 is 24.4 Å². The van der Waals surface area contributed by atoms with E-state index in [1.165, 1.54) is 20.8 Å². The van der Waals surface area contributed by atoms with Gasteiger partial charge in [-0.15, -0.1) is 0 Å². The molecule has 8 atom stereocenters. The molecule has 1 saturated heterocycles. The van der Waals surface area contributed by atoms with Gasteiger partial charge in [-0.1, -0.05) is 12.5 Å². The number of aliphatic hydroxyl groups excluding tert-OH is 1. The van der Waals surface area contributed by atoms with Crippen LogP contribution in [0.2, 0.25) is 0 Å². The van der Waals surface area contributed by atoms with Gasteiger partial charge in [-0.25, -0.2) is 0 Å². The third-order valence-electron chi connectivity index (χ3n) is 6.11. The fraction of sp³-hybridized carbons (Fsp3) is 0.737. The van der Waals surface area contributed by atoms with E-state index in [2.05, 4.69) is 0 Å². The van der Waals surface area contributed by atoms with E-state index in [0.717, 1.165) is 5.57 Å². The molecule has 1 aliphatic heterocycles. The number of rotatable bonds is 2. The molecular formula is C19H26O8. The average Bonchev–Trinajstić information content (AvgIpc) is 2.86.